The van der Waals surface area contributed by atoms with Crippen LogP contribution in [0.15, 0.2) is 11.8 Å². The summed E-state index contributed by atoms with van der Waals surface area (Å²) in [5.41, 5.74) is 0.880. The van der Waals surface area contributed by atoms with Crippen molar-refractivity contribution in [1.29, 1.82) is 0 Å². The number of fused-ring (bicyclic) bond motifs is 1. The summed E-state index contributed by atoms with van der Waals surface area (Å²) in [5.74, 6) is 0.684. The first-order valence-electron chi connectivity index (χ1n) is 6.30. The van der Waals surface area contributed by atoms with Gasteiger partial charge in [-0.1, -0.05) is 27.2 Å². The molecule has 0 heterocycles. The van der Waals surface area contributed by atoms with Gasteiger partial charge in [-0.25, -0.2) is 0 Å². The van der Waals surface area contributed by atoms with Crippen LogP contribution in [-0.2, 0) is 4.79 Å². The second kappa shape index (κ2) is 3.61. The lowest BCUT2D eigenvalue weighted by Gasteiger charge is -2.53. The molecule has 0 unspecified atom stereocenters. The molecule has 0 aliphatic heterocycles. The molecule has 0 aromatic carbocycles. The molecule has 0 spiro atoms. The summed E-state index contributed by atoms with van der Waals surface area (Å²) in [5, 5.41) is 9.35. The number of hydrogen-bond acceptors (Lipinski definition) is 2. The molecule has 2 saturated carbocycles. The van der Waals surface area contributed by atoms with Gasteiger partial charge < -0.3 is 5.11 Å². The first-order valence-corrected chi connectivity index (χ1v) is 6.30. The Kier molecular flexibility index (Phi) is 2.64. The Morgan fingerprint density at radius 3 is 2.62 bits per heavy atom. The van der Waals surface area contributed by atoms with Gasteiger partial charge in [-0.2, -0.15) is 0 Å². The topological polar surface area (TPSA) is 37.3 Å². The van der Waals surface area contributed by atoms with Gasteiger partial charge in [0.25, 0.3) is 0 Å². The lowest BCUT2D eigenvalue weighted by molar-refractivity contribution is -0.122. The smallest absolute Gasteiger partial charge is 0.162 e. The van der Waals surface area contributed by atoms with Crippen LogP contribution in [0, 0.1) is 16.7 Å². The van der Waals surface area contributed by atoms with E-state index >= 15 is 0 Å². The Labute approximate surface area is 97.7 Å². The number of rotatable bonds is 0. The minimum atomic E-state index is -0.0914. The van der Waals surface area contributed by atoms with Crippen molar-refractivity contribution in [3.05, 3.63) is 11.8 Å². The average molecular weight is 222 g/mol. The molecule has 0 aromatic heterocycles. The Morgan fingerprint density at radius 2 is 2.00 bits per heavy atom. The molecule has 2 aliphatic rings. The molecule has 0 radical (unpaired) electrons. The maximum atomic E-state index is 11.9. The van der Waals surface area contributed by atoms with E-state index in [-0.39, 0.29) is 11.2 Å². The zero-order chi connectivity index (χ0) is 12.0. The van der Waals surface area contributed by atoms with Crippen LogP contribution in [0.2, 0.25) is 0 Å². The summed E-state index contributed by atoms with van der Waals surface area (Å²) in [7, 11) is 0. The largest absolute Gasteiger partial charge is 0.515 e. The van der Waals surface area contributed by atoms with Gasteiger partial charge in [0.05, 0.1) is 6.26 Å². The molecule has 0 saturated heterocycles. The van der Waals surface area contributed by atoms with E-state index in [2.05, 4.69) is 20.8 Å². The minimum absolute atomic E-state index is 0.0914. The van der Waals surface area contributed by atoms with E-state index in [0.29, 0.717) is 23.3 Å². The number of aliphatic hydroxyl groups is 1. The van der Waals surface area contributed by atoms with Crippen LogP contribution < -0.4 is 0 Å². The first-order chi connectivity index (χ1) is 7.42. The lowest BCUT2D eigenvalue weighted by atomic mass is 9.50. The van der Waals surface area contributed by atoms with E-state index in [1.165, 1.54) is 6.42 Å². The molecule has 2 nitrogen and oxygen atoms in total. The number of allylic oxidation sites excluding steroid dienone is 1. The third-order valence-electron chi connectivity index (χ3n) is 4.93. The van der Waals surface area contributed by atoms with Crippen LogP contribution in [0.3, 0.4) is 0 Å². The molecular formula is C14H22O2. The zero-order valence-corrected chi connectivity index (χ0v) is 10.5. The number of hydrogen-bond donors (Lipinski definition) is 1. The maximum Gasteiger partial charge on any atom is 0.162 e. The molecule has 0 bridgehead atoms. The van der Waals surface area contributed by atoms with Crippen molar-refractivity contribution in [3.8, 4) is 0 Å². The quantitative estimate of drug-likeness (QED) is 0.502. The van der Waals surface area contributed by atoms with Crippen molar-refractivity contribution in [3.63, 3.8) is 0 Å². The van der Waals surface area contributed by atoms with Crippen LogP contribution in [0.5, 0.6) is 0 Å². The lowest BCUT2D eigenvalue weighted by Crippen LogP contribution is -2.47. The van der Waals surface area contributed by atoms with Crippen molar-refractivity contribution in [2.75, 3.05) is 0 Å². The number of aliphatic hydroxyl groups excluding tert-OH is 1. The third kappa shape index (κ3) is 1.50. The molecule has 2 atom stereocenters. The van der Waals surface area contributed by atoms with E-state index in [9.17, 15) is 9.90 Å². The fourth-order valence-electron chi connectivity index (χ4n) is 4.10. The van der Waals surface area contributed by atoms with Gasteiger partial charge in [0, 0.05) is 17.4 Å². The van der Waals surface area contributed by atoms with Crippen LogP contribution in [-0.4, -0.2) is 10.9 Å². The van der Waals surface area contributed by atoms with Crippen LogP contribution in [0.25, 0.3) is 0 Å². The van der Waals surface area contributed by atoms with Crippen LogP contribution in [0.1, 0.15) is 52.9 Å². The molecule has 2 aliphatic carbocycles. The standard InChI is InChI=1S/C14H22O2/c1-13(2)7-4-8-14(3)10(9-15)11(16)5-6-12(13)14/h9,12,15H,4-8H2,1-3H3/b10-9-/t12-,14+/m0/s1. The highest BCUT2D eigenvalue weighted by molar-refractivity contribution is 5.97. The maximum absolute atomic E-state index is 11.9. The predicted octanol–water partition coefficient (Wildman–Crippen LogP) is 3.62. The Bertz CT molecular complexity index is 341. The van der Waals surface area contributed by atoms with Crippen molar-refractivity contribution >= 4 is 5.78 Å². The van der Waals surface area contributed by atoms with Gasteiger partial charge in [0.1, 0.15) is 0 Å². The second-order valence-electron chi connectivity index (χ2n) is 6.32. The fraction of sp³-hybridized carbons (Fsp3) is 0.786. The molecule has 0 aromatic rings. The number of carbonyl (C=O) groups excluding carboxylic acids is 1. The fourth-order valence-corrected chi connectivity index (χ4v) is 4.10. The van der Waals surface area contributed by atoms with Gasteiger partial charge in [0.15, 0.2) is 5.78 Å². The summed E-state index contributed by atoms with van der Waals surface area (Å²) >= 11 is 0. The van der Waals surface area contributed by atoms with E-state index < -0.39 is 0 Å². The summed E-state index contributed by atoms with van der Waals surface area (Å²) in [4.78, 5) is 11.9. The number of ketones is 1. The Hall–Kier alpha value is -0.790. The highest BCUT2D eigenvalue weighted by Crippen LogP contribution is 2.58. The molecule has 2 heteroatoms. The van der Waals surface area contributed by atoms with Crippen molar-refractivity contribution in [2.45, 2.75) is 52.9 Å². The molecular weight excluding hydrogens is 200 g/mol. The van der Waals surface area contributed by atoms with Gasteiger partial charge in [-0.15, -0.1) is 0 Å². The zero-order valence-electron chi connectivity index (χ0n) is 10.5. The Morgan fingerprint density at radius 1 is 1.31 bits per heavy atom. The third-order valence-corrected chi connectivity index (χ3v) is 4.93. The normalized spacial score (nSPS) is 40.8. The minimum Gasteiger partial charge on any atom is -0.515 e. The van der Waals surface area contributed by atoms with Crippen molar-refractivity contribution in [2.24, 2.45) is 16.7 Å². The number of carbonyl (C=O) groups is 1. The van der Waals surface area contributed by atoms with Gasteiger partial charge in [0.2, 0.25) is 0 Å². The number of Topliss-reactive ketones (excluding diaryl/α,β-unsaturated/α-hetero) is 1. The molecule has 16 heavy (non-hydrogen) atoms. The van der Waals surface area contributed by atoms with Crippen LogP contribution >= 0.6 is 0 Å². The van der Waals surface area contributed by atoms with Crippen LogP contribution in [0.4, 0.5) is 0 Å². The second-order valence-corrected chi connectivity index (χ2v) is 6.32. The summed E-state index contributed by atoms with van der Waals surface area (Å²) in [6, 6.07) is 0. The monoisotopic (exact) mass is 222 g/mol. The highest BCUT2D eigenvalue weighted by atomic mass is 16.2. The molecule has 2 rings (SSSR count). The average Bonchev–Trinajstić information content (AvgIpc) is 2.15. The molecule has 0 amide bonds. The van der Waals surface area contributed by atoms with Crippen molar-refractivity contribution < 1.29 is 9.90 Å². The van der Waals surface area contributed by atoms with E-state index in [1.807, 2.05) is 0 Å². The van der Waals surface area contributed by atoms with Gasteiger partial charge in [-0.3, -0.25) is 4.79 Å². The summed E-state index contributed by atoms with van der Waals surface area (Å²) in [6.07, 6.45) is 6.11. The molecule has 90 valence electrons. The van der Waals surface area contributed by atoms with E-state index in [0.717, 1.165) is 25.5 Å². The van der Waals surface area contributed by atoms with E-state index in [1.54, 1.807) is 0 Å². The highest BCUT2D eigenvalue weighted by Gasteiger charge is 2.52. The summed E-state index contributed by atoms with van der Waals surface area (Å²) in [6.45, 7) is 6.78. The van der Waals surface area contributed by atoms with Gasteiger partial charge >= 0.3 is 0 Å². The SMILES string of the molecule is CC1(C)CCC[C@]2(C)/C(=C\O)C(=O)CC[C@@H]12. The van der Waals surface area contributed by atoms with Crippen molar-refractivity contribution in [1.82, 2.24) is 0 Å². The predicted molar refractivity (Wildman–Crippen MR) is 64.2 cm³/mol. The van der Waals surface area contributed by atoms with Gasteiger partial charge in [-0.05, 0) is 30.6 Å². The molecule has 2 fully saturated rings. The summed E-state index contributed by atoms with van der Waals surface area (Å²) < 4.78 is 0. The Balaban J connectivity index is 2.43. The molecule has 1 N–H and O–H groups in total. The first kappa shape index (κ1) is 11.7. The van der Waals surface area contributed by atoms with E-state index in [4.69, 9.17) is 0 Å².